The van der Waals surface area contributed by atoms with E-state index in [2.05, 4.69) is 21.6 Å². The van der Waals surface area contributed by atoms with Crippen molar-refractivity contribution in [2.45, 2.75) is 18.9 Å². The lowest BCUT2D eigenvalue weighted by Crippen LogP contribution is -2.18. The molecule has 0 aliphatic carbocycles. The van der Waals surface area contributed by atoms with Crippen molar-refractivity contribution in [3.63, 3.8) is 0 Å². The molecule has 2 heterocycles. The summed E-state index contributed by atoms with van der Waals surface area (Å²) in [6.07, 6.45) is 4.56. The van der Waals surface area contributed by atoms with E-state index in [0.29, 0.717) is 6.10 Å². The zero-order valence-corrected chi connectivity index (χ0v) is 9.07. The number of aromatic nitrogens is 2. The summed E-state index contributed by atoms with van der Waals surface area (Å²) in [4.78, 5) is 0. The lowest BCUT2D eigenvalue weighted by atomic mass is 10.2. The highest BCUT2D eigenvalue weighted by Crippen LogP contribution is 2.21. The van der Waals surface area contributed by atoms with Crippen LogP contribution < -0.4 is 5.32 Å². The second kappa shape index (κ2) is 4.14. The predicted molar refractivity (Wildman–Crippen MR) is 63.6 cm³/mol. The van der Waals surface area contributed by atoms with Gasteiger partial charge >= 0.3 is 0 Å². The summed E-state index contributed by atoms with van der Waals surface area (Å²) < 4.78 is 5.58. The second-order valence-corrected chi connectivity index (χ2v) is 4.15. The molecule has 1 saturated heterocycles. The van der Waals surface area contributed by atoms with Gasteiger partial charge in [0.2, 0.25) is 0 Å². The number of benzene rings is 1. The molecule has 1 aliphatic rings. The molecule has 0 spiro atoms. The highest BCUT2D eigenvalue weighted by molar-refractivity contribution is 5.90. The number of hydrogen-bond acceptors (Lipinski definition) is 3. The lowest BCUT2D eigenvalue weighted by molar-refractivity contribution is 0.120. The van der Waals surface area contributed by atoms with E-state index in [1.807, 2.05) is 18.3 Å². The molecule has 1 unspecified atom stereocenters. The van der Waals surface area contributed by atoms with Crippen molar-refractivity contribution >= 4 is 16.6 Å². The minimum absolute atomic E-state index is 0.363. The molecule has 2 N–H and O–H groups in total. The van der Waals surface area contributed by atoms with Crippen LogP contribution in [0.25, 0.3) is 10.9 Å². The van der Waals surface area contributed by atoms with Crippen molar-refractivity contribution in [2.24, 2.45) is 0 Å². The van der Waals surface area contributed by atoms with Gasteiger partial charge < -0.3 is 10.1 Å². The van der Waals surface area contributed by atoms with Gasteiger partial charge in [0.25, 0.3) is 0 Å². The fraction of sp³-hybridized carbons (Fsp3) is 0.417. The number of fused-ring (bicyclic) bond motifs is 1. The topological polar surface area (TPSA) is 49.9 Å². The summed E-state index contributed by atoms with van der Waals surface area (Å²) in [5.74, 6) is 0. The Morgan fingerprint density at radius 2 is 2.50 bits per heavy atom. The molecule has 4 nitrogen and oxygen atoms in total. The van der Waals surface area contributed by atoms with Gasteiger partial charge in [0.1, 0.15) is 0 Å². The Bertz CT molecular complexity index is 474. The number of ether oxygens (including phenoxy) is 1. The highest BCUT2D eigenvalue weighted by atomic mass is 16.5. The van der Waals surface area contributed by atoms with Crippen LogP contribution in [0.5, 0.6) is 0 Å². The predicted octanol–water partition coefficient (Wildman–Crippen LogP) is 2.15. The van der Waals surface area contributed by atoms with Gasteiger partial charge in [-0.1, -0.05) is 6.07 Å². The largest absolute Gasteiger partial charge is 0.382 e. The smallest absolute Gasteiger partial charge is 0.0748 e. The van der Waals surface area contributed by atoms with Crippen LogP contribution in [-0.2, 0) is 4.74 Å². The molecular formula is C12H15N3O. The first-order chi connectivity index (χ1) is 7.93. The SMILES string of the molecule is c1cc(NCC2CCCO2)c2cn[nH]c2c1. The van der Waals surface area contributed by atoms with Gasteiger partial charge in [-0.3, -0.25) is 5.10 Å². The van der Waals surface area contributed by atoms with Gasteiger partial charge in [-0.25, -0.2) is 0 Å². The van der Waals surface area contributed by atoms with Crippen LogP contribution in [0.3, 0.4) is 0 Å². The van der Waals surface area contributed by atoms with E-state index in [0.717, 1.165) is 36.2 Å². The Kier molecular flexibility index (Phi) is 2.50. The maximum atomic E-state index is 5.58. The van der Waals surface area contributed by atoms with Gasteiger partial charge in [-0.05, 0) is 25.0 Å². The molecule has 3 rings (SSSR count). The van der Waals surface area contributed by atoms with Crippen molar-refractivity contribution in [2.75, 3.05) is 18.5 Å². The maximum absolute atomic E-state index is 5.58. The van der Waals surface area contributed by atoms with E-state index in [4.69, 9.17) is 4.74 Å². The Balaban J connectivity index is 1.75. The number of nitrogens with one attached hydrogen (secondary N) is 2. The molecule has 4 heteroatoms. The Hall–Kier alpha value is -1.55. The molecule has 1 aromatic carbocycles. The fourth-order valence-electron chi connectivity index (χ4n) is 2.15. The van der Waals surface area contributed by atoms with Crippen LogP contribution >= 0.6 is 0 Å². The van der Waals surface area contributed by atoms with Gasteiger partial charge in [0.15, 0.2) is 0 Å². The Morgan fingerprint density at radius 3 is 3.38 bits per heavy atom. The molecule has 1 atom stereocenters. The molecule has 2 aromatic rings. The van der Waals surface area contributed by atoms with E-state index in [1.54, 1.807) is 0 Å². The summed E-state index contributed by atoms with van der Waals surface area (Å²) in [7, 11) is 0. The van der Waals surface area contributed by atoms with Crippen molar-refractivity contribution in [1.29, 1.82) is 0 Å². The second-order valence-electron chi connectivity index (χ2n) is 4.15. The first-order valence-electron chi connectivity index (χ1n) is 5.71. The van der Waals surface area contributed by atoms with Crippen LogP contribution in [0, 0.1) is 0 Å². The highest BCUT2D eigenvalue weighted by Gasteiger charge is 2.15. The minimum atomic E-state index is 0.363. The molecular weight excluding hydrogens is 202 g/mol. The standard InChI is InChI=1S/C12H15N3O/c1-4-11(10-8-14-15-12(10)5-1)13-7-9-3-2-6-16-9/h1,4-5,8-9,13H,2-3,6-7H2,(H,14,15). The number of hydrogen-bond donors (Lipinski definition) is 2. The number of anilines is 1. The molecule has 0 amide bonds. The molecule has 84 valence electrons. The third-order valence-electron chi connectivity index (χ3n) is 3.03. The summed E-state index contributed by atoms with van der Waals surface area (Å²) in [6.45, 7) is 1.78. The van der Waals surface area contributed by atoms with Crippen molar-refractivity contribution < 1.29 is 4.74 Å². The van der Waals surface area contributed by atoms with Crippen molar-refractivity contribution in [3.8, 4) is 0 Å². The summed E-state index contributed by atoms with van der Waals surface area (Å²) >= 11 is 0. The van der Waals surface area contributed by atoms with E-state index in [1.165, 1.54) is 6.42 Å². The first-order valence-corrected chi connectivity index (χ1v) is 5.71. The maximum Gasteiger partial charge on any atom is 0.0748 e. The fourth-order valence-corrected chi connectivity index (χ4v) is 2.15. The van der Waals surface area contributed by atoms with Crippen LogP contribution in [-0.4, -0.2) is 29.5 Å². The third kappa shape index (κ3) is 1.76. The number of aromatic amines is 1. The van der Waals surface area contributed by atoms with E-state index < -0.39 is 0 Å². The summed E-state index contributed by atoms with van der Waals surface area (Å²) in [5.41, 5.74) is 2.19. The number of rotatable bonds is 3. The van der Waals surface area contributed by atoms with E-state index >= 15 is 0 Å². The Labute approximate surface area is 94.0 Å². The Morgan fingerprint density at radius 1 is 1.50 bits per heavy atom. The minimum Gasteiger partial charge on any atom is -0.382 e. The molecule has 0 radical (unpaired) electrons. The molecule has 1 aromatic heterocycles. The summed E-state index contributed by atoms with van der Waals surface area (Å²) in [5, 5.41) is 11.6. The molecule has 16 heavy (non-hydrogen) atoms. The van der Waals surface area contributed by atoms with E-state index in [9.17, 15) is 0 Å². The van der Waals surface area contributed by atoms with Crippen molar-refractivity contribution in [3.05, 3.63) is 24.4 Å². The summed E-state index contributed by atoms with van der Waals surface area (Å²) in [6, 6.07) is 6.13. The average molecular weight is 217 g/mol. The average Bonchev–Trinajstić information content (AvgIpc) is 2.97. The van der Waals surface area contributed by atoms with Gasteiger partial charge in [0, 0.05) is 24.2 Å². The van der Waals surface area contributed by atoms with Crippen LogP contribution in [0.1, 0.15) is 12.8 Å². The van der Waals surface area contributed by atoms with Crippen LogP contribution in [0.4, 0.5) is 5.69 Å². The van der Waals surface area contributed by atoms with Gasteiger partial charge in [-0.15, -0.1) is 0 Å². The molecule has 0 saturated carbocycles. The van der Waals surface area contributed by atoms with Gasteiger partial charge in [-0.2, -0.15) is 5.10 Å². The quantitative estimate of drug-likeness (QED) is 0.828. The lowest BCUT2D eigenvalue weighted by Gasteiger charge is -2.12. The molecule has 0 bridgehead atoms. The third-order valence-corrected chi connectivity index (χ3v) is 3.03. The normalized spacial score (nSPS) is 20.4. The van der Waals surface area contributed by atoms with Crippen molar-refractivity contribution in [1.82, 2.24) is 10.2 Å². The van der Waals surface area contributed by atoms with E-state index in [-0.39, 0.29) is 0 Å². The molecule has 1 fully saturated rings. The van der Waals surface area contributed by atoms with Crippen LogP contribution in [0.2, 0.25) is 0 Å². The molecule has 1 aliphatic heterocycles. The van der Waals surface area contributed by atoms with Crippen LogP contribution in [0.15, 0.2) is 24.4 Å². The number of H-pyrrole nitrogens is 1. The monoisotopic (exact) mass is 217 g/mol. The zero-order valence-electron chi connectivity index (χ0n) is 9.07. The number of nitrogens with zero attached hydrogens (tertiary/aromatic N) is 1. The first kappa shape index (κ1) is 9.66. The van der Waals surface area contributed by atoms with Gasteiger partial charge in [0.05, 0.1) is 17.8 Å². The zero-order chi connectivity index (χ0) is 10.8.